The molecule has 30 heavy (non-hydrogen) atoms. The molecule has 0 saturated carbocycles. The Kier molecular flexibility index (Phi) is 7.05. The van der Waals surface area contributed by atoms with Gasteiger partial charge in [-0.15, -0.1) is 0 Å². The molecule has 2 aromatic heterocycles. The van der Waals surface area contributed by atoms with E-state index in [2.05, 4.69) is 33.4 Å². The molecule has 0 atom stereocenters. The highest BCUT2D eigenvalue weighted by Crippen LogP contribution is 2.36. The van der Waals surface area contributed by atoms with Crippen molar-refractivity contribution < 1.29 is 4.92 Å². The van der Waals surface area contributed by atoms with E-state index in [0.717, 1.165) is 27.0 Å². The first-order chi connectivity index (χ1) is 14.5. The highest BCUT2D eigenvalue weighted by atomic mass is 32.2. The summed E-state index contributed by atoms with van der Waals surface area (Å²) in [5.41, 5.74) is 10.7. The highest BCUT2D eigenvalue weighted by molar-refractivity contribution is 7.99. The van der Waals surface area contributed by atoms with Crippen LogP contribution in [0.1, 0.15) is 36.8 Å². The molecule has 0 aliphatic rings. The predicted molar refractivity (Wildman–Crippen MR) is 115 cm³/mol. The van der Waals surface area contributed by atoms with Crippen LogP contribution in [0.3, 0.4) is 0 Å². The Balaban J connectivity index is 2.06. The Labute approximate surface area is 178 Å². The van der Waals surface area contributed by atoms with Gasteiger partial charge in [-0.2, -0.15) is 0 Å². The topological polar surface area (TPSA) is 123 Å². The van der Waals surface area contributed by atoms with Gasteiger partial charge < -0.3 is 4.57 Å². The highest BCUT2D eigenvalue weighted by Gasteiger charge is 2.21. The lowest BCUT2D eigenvalue weighted by Crippen LogP contribution is -2.08. The van der Waals surface area contributed by atoms with Crippen LogP contribution in [0, 0.1) is 10.1 Å². The van der Waals surface area contributed by atoms with Crippen molar-refractivity contribution in [3.8, 4) is 0 Å². The molecule has 9 nitrogen and oxygen atoms in total. The van der Waals surface area contributed by atoms with Crippen LogP contribution in [0.2, 0.25) is 0 Å². The SMILES string of the molecule is CC(C)c1nc(CCN=[N+]=[N-])n(Cc2ccncc2)c1Sc1cccc([N+](=O)[O-])c1. The molecule has 154 valence electrons. The van der Waals surface area contributed by atoms with Gasteiger partial charge in [0.05, 0.1) is 10.6 Å². The zero-order valence-electron chi connectivity index (χ0n) is 16.7. The maximum Gasteiger partial charge on any atom is 0.270 e. The Hall–Kier alpha value is -3.36. The van der Waals surface area contributed by atoms with Crippen molar-refractivity contribution in [1.29, 1.82) is 0 Å². The molecular weight excluding hydrogens is 402 g/mol. The van der Waals surface area contributed by atoms with Crippen molar-refractivity contribution >= 4 is 17.4 Å². The molecule has 0 unspecified atom stereocenters. The largest absolute Gasteiger partial charge is 0.318 e. The fourth-order valence-corrected chi connectivity index (χ4v) is 4.19. The molecule has 0 fully saturated rings. The summed E-state index contributed by atoms with van der Waals surface area (Å²) >= 11 is 1.46. The fourth-order valence-electron chi connectivity index (χ4n) is 2.98. The van der Waals surface area contributed by atoms with E-state index in [1.165, 1.54) is 17.8 Å². The number of hydrogen-bond acceptors (Lipinski definition) is 6. The number of rotatable bonds is 9. The standard InChI is InChI=1S/C20H21N7O2S/c1-14(2)19-20(30-17-5-3-4-16(12-17)27(28)29)26(13-15-6-9-22-10-7-15)18(24-19)8-11-23-25-21/h3-7,9-10,12,14H,8,11,13H2,1-2H3. The summed E-state index contributed by atoms with van der Waals surface area (Å²) in [5.74, 6) is 0.971. The van der Waals surface area contributed by atoms with E-state index in [1.54, 1.807) is 24.5 Å². The Bertz CT molecular complexity index is 1080. The van der Waals surface area contributed by atoms with E-state index >= 15 is 0 Å². The number of imidazole rings is 1. The summed E-state index contributed by atoms with van der Waals surface area (Å²) in [6.07, 6.45) is 3.98. The molecule has 2 heterocycles. The number of nitrogens with zero attached hydrogens (tertiary/aromatic N) is 7. The number of benzene rings is 1. The Morgan fingerprint density at radius 2 is 2.07 bits per heavy atom. The third-order valence-corrected chi connectivity index (χ3v) is 5.52. The van der Waals surface area contributed by atoms with Gasteiger partial charge in [-0.3, -0.25) is 15.1 Å². The minimum absolute atomic E-state index is 0.0508. The summed E-state index contributed by atoms with van der Waals surface area (Å²) in [5, 5.41) is 15.8. The second kappa shape index (κ2) is 9.91. The molecule has 3 rings (SSSR count). The predicted octanol–water partition coefficient (Wildman–Crippen LogP) is 5.36. The van der Waals surface area contributed by atoms with E-state index in [0.29, 0.717) is 19.5 Å². The van der Waals surface area contributed by atoms with Crippen LogP contribution in [0.25, 0.3) is 10.4 Å². The van der Waals surface area contributed by atoms with E-state index < -0.39 is 4.92 Å². The van der Waals surface area contributed by atoms with E-state index in [9.17, 15) is 10.1 Å². The van der Waals surface area contributed by atoms with E-state index in [1.807, 2.05) is 18.2 Å². The molecule has 0 radical (unpaired) electrons. The quantitative estimate of drug-likeness (QED) is 0.151. The summed E-state index contributed by atoms with van der Waals surface area (Å²) < 4.78 is 2.10. The Morgan fingerprint density at radius 1 is 1.30 bits per heavy atom. The third kappa shape index (κ3) is 5.16. The second-order valence-electron chi connectivity index (χ2n) is 6.88. The molecule has 0 saturated heterocycles. The first-order valence-electron chi connectivity index (χ1n) is 9.41. The van der Waals surface area contributed by atoms with Crippen molar-refractivity contribution in [1.82, 2.24) is 14.5 Å². The summed E-state index contributed by atoms with van der Waals surface area (Å²) in [6.45, 7) is 5.01. The van der Waals surface area contributed by atoms with Crippen molar-refractivity contribution in [2.45, 2.75) is 42.7 Å². The molecule has 1 aromatic carbocycles. The van der Waals surface area contributed by atoms with Crippen molar-refractivity contribution in [3.63, 3.8) is 0 Å². The molecule has 0 aliphatic heterocycles. The number of nitro groups is 1. The van der Waals surface area contributed by atoms with Gasteiger partial charge in [0.15, 0.2) is 0 Å². The van der Waals surface area contributed by atoms with Gasteiger partial charge in [0.2, 0.25) is 0 Å². The van der Waals surface area contributed by atoms with Gasteiger partial charge >= 0.3 is 0 Å². The maximum atomic E-state index is 11.2. The Morgan fingerprint density at radius 3 is 2.73 bits per heavy atom. The van der Waals surface area contributed by atoms with Crippen LogP contribution >= 0.6 is 11.8 Å². The number of non-ortho nitro benzene ring substituents is 1. The van der Waals surface area contributed by atoms with Crippen molar-refractivity contribution in [2.24, 2.45) is 5.11 Å². The van der Waals surface area contributed by atoms with Gasteiger partial charge in [0.1, 0.15) is 10.9 Å². The van der Waals surface area contributed by atoms with E-state index in [-0.39, 0.29) is 11.6 Å². The zero-order chi connectivity index (χ0) is 21.5. The van der Waals surface area contributed by atoms with Crippen LogP contribution in [0.5, 0.6) is 0 Å². The molecule has 10 heteroatoms. The smallest absolute Gasteiger partial charge is 0.270 e. The summed E-state index contributed by atoms with van der Waals surface area (Å²) in [6, 6.07) is 10.5. The van der Waals surface area contributed by atoms with Crippen LogP contribution < -0.4 is 0 Å². The number of pyridine rings is 1. The van der Waals surface area contributed by atoms with Crippen molar-refractivity contribution in [3.05, 3.63) is 86.4 Å². The maximum absolute atomic E-state index is 11.2. The lowest BCUT2D eigenvalue weighted by Gasteiger charge is -2.13. The van der Waals surface area contributed by atoms with Crippen LogP contribution in [-0.2, 0) is 13.0 Å². The molecule has 3 aromatic rings. The summed E-state index contributed by atoms with van der Waals surface area (Å²) in [4.78, 5) is 23.3. The molecule has 0 bridgehead atoms. The molecular formula is C20H21N7O2S. The van der Waals surface area contributed by atoms with Gasteiger partial charge in [0, 0.05) is 53.8 Å². The molecule has 0 N–H and O–H groups in total. The number of aromatic nitrogens is 3. The van der Waals surface area contributed by atoms with Crippen LogP contribution in [0.4, 0.5) is 5.69 Å². The van der Waals surface area contributed by atoms with E-state index in [4.69, 9.17) is 10.5 Å². The zero-order valence-corrected chi connectivity index (χ0v) is 17.5. The lowest BCUT2D eigenvalue weighted by molar-refractivity contribution is -0.385. The van der Waals surface area contributed by atoms with Gasteiger partial charge in [-0.1, -0.05) is 36.8 Å². The van der Waals surface area contributed by atoms with Crippen molar-refractivity contribution in [2.75, 3.05) is 6.54 Å². The lowest BCUT2D eigenvalue weighted by atomic mass is 10.1. The molecule has 0 amide bonds. The first-order valence-corrected chi connectivity index (χ1v) is 10.2. The fraction of sp³-hybridized carbons (Fsp3) is 0.300. The number of nitro benzene ring substituents is 1. The van der Waals surface area contributed by atoms with Crippen LogP contribution in [-0.4, -0.2) is 26.0 Å². The van der Waals surface area contributed by atoms with Crippen LogP contribution in [0.15, 0.2) is 63.8 Å². The second-order valence-corrected chi connectivity index (χ2v) is 7.94. The van der Waals surface area contributed by atoms with Gasteiger partial charge in [-0.25, -0.2) is 4.98 Å². The monoisotopic (exact) mass is 423 g/mol. The number of hydrogen-bond donors (Lipinski definition) is 0. The molecule has 0 aliphatic carbocycles. The number of azide groups is 1. The third-order valence-electron chi connectivity index (χ3n) is 4.40. The average molecular weight is 424 g/mol. The normalized spacial score (nSPS) is 10.8. The minimum Gasteiger partial charge on any atom is -0.318 e. The first kappa shape index (κ1) is 21.4. The van der Waals surface area contributed by atoms with Gasteiger partial charge in [-0.05, 0) is 35.2 Å². The average Bonchev–Trinajstić information content (AvgIpc) is 3.06. The van der Waals surface area contributed by atoms with Gasteiger partial charge in [0.25, 0.3) is 5.69 Å². The summed E-state index contributed by atoms with van der Waals surface area (Å²) in [7, 11) is 0. The minimum atomic E-state index is -0.396. The molecule has 0 spiro atoms.